The molecule has 0 heterocycles. The highest BCUT2D eigenvalue weighted by Crippen LogP contribution is 2.30. The predicted octanol–water partition coefficient (Wildman–Crippen LogP) is 2.06. The monoisotopic (exact) mass is 213 g/mol. The second-order valence-corrected chi connectivity index (χ2v) is 4.95. The van der Waals surface area contributed by atoms with Gasteiger partial charge in [0, 0.05) is 18.6 Å². The number of carbonyl (C=O) groups is 1. The quantitative estimate of drug-likeness (QED) is 0.632. The van der Waals surface area contributed by atoms with Gasteiger partial charge in [0.15, 0.2) is 0 Å². The molecule has 0 aromatic rings. The molecule has 0 spiro atoms. The molecule has 0 aliphatic heterocycles. The number of hydrogen-bond donors (Lipinski definition) is 0. The van der Waals surface area contributed by atoms with E-state index in [9.17, 15) is 4.79 Å². The summed E-state index contributed by atoms with van der Waals surface area (Å²) in [6.07, 6.45) is 3.09. The molecule has 3 nitrogen and oxygen atoms in total. The first-order chi connectivity index (χ1) is 7.04. The van der Waals surface area contributed by atoms with E-state index in [0.717, 1.165) is 6.54 Å². The molecule has 0 bridgehead atoms. The predicted molar refractivity (Wildman–Crippen MR) is 60.7 cm³/mol. The first kappa shape index (κ1) is 12.5. The maximum absolute atomic E-state index is 11.2. The molecule has 3 heteroatoms. The molecular formula is C12H23NO2. The van der Waals surface area contributed by atoms with Gasteiger partial charge in [-0.3, -0.25) is 9.69 Å². The summed E-state index contributed by atoms with van der Waals surface area (Å²) in [6, 6.07) is 1.03. The van der Waals surface area contributed by atoms with E-state index in [0.29, 0.717) is 24.4 Å². The van der Waals surface area contributed by atoms with Gasteiger partial charge in [0.2, 0.25) is 0 Å². The zero-order chi connectivity index (χ0) is 11.4. The lowest BCUT2D eigenvalue weighted by Crippen LogP contribution is -2.39. The van der Waals surface area contributed by atoms with E-state index >= 15 is 0 Å². The zero-order valence-corrected chi connectivity index (χ0v) is 10.3. The number of esters is 1. The van der Waals surface area contributed by atoms with Crippen molar-refractivity contribution in [2.24, 2.45) is 5.92 Å². The van der Waals surface area contributed by atoms with Crippen molar-refractivity contribution in [1.82, 2.24) is 4.90 Å². The second-order valence-electron chi connectivity index (χ2n) is 4.95. The molecule has 1 rings (SSSR count). The van der Waals surface area contributed by atoms with Crippen LogP contribution < -0.4 is 0 Å². The van der Waals surface area contributed by atoms with E-state index in [-0.39, 0.29) is 5.97 Å². The van der Waals surface area contributed by atoms with E-state index in [4.69, 9.17) is 4.74 Å². The standard InChI is InChI=1S/C12H23NO2/c1-9(2)8-13(11-5-6-11)10(3)7-12(14)15-4/h9-11H,5-8H2,1-4H3. The highest BCUT2D eigenvalue weighted by molar-refractivity contribution is 5.69. The number of ether oxygens (including phenoxy) is 1. The van der Waals surface area contributed by atoms with Crippen LogP contribution >= 0.6 is 0 Å². The van der Waals surface area contributed by atoms with E-state index in [1.807, 2.05) is 0 Å². The van der Waals surface area contributed by atoms with Crippen LogP contribution in [0.15, 0.2) is 0 Å². The smallest absolute Gasteiger partial charge is 0.307 e. The molecule has 0 aromatic carbocycles. The first-order valence-corrected chi connectivity index (χ1v) is 5.87. The summed E-state index contributed by atoms with van der Waals surface area (Å²) in [5.41, 5.74) is 0. The normalized spacial score (nSPS) is 18.3. The van der Waals surface area contributed by atoms with Gasteiger partial charge in [-0.1, -0.05) is 13.8 Å². The van der Waals surface area contributed by atoms with Gasteiger partial charge in [-0.05, 0) is 25.7 Å². The minimum Gasteiger partial charge on any atom is -0.469 e. The minimum atomic E-state index is -0.100. The molecule has 0 saturated heterocycles. The summed E-state index contributed by atoms with van der Waals surface area (Å²) >= 11 is 0. The number of carbonyl (C=O) groups excluding carboxylic acids is 1. The van der Waals surface area contributed by atoms with Crippen molar-refractivity contribution in [2.75, 3.05) is 13.7 Å². The molecule has 1 aliphatic carbocycles. The van der Waals surface area contributed by atoms with Crippen molar-refractivity contribution in [3.63, 3.8) is 0 Å². The van der Waals surface area contributed by atoms with Gasteiger partial charge in [-0.2, -0.15) is 0 Å². The third-order valence-corrected chi connectivity index (χ3v) is 2.85. The third-order valence-electron chi connectivity index (χ3n) is 2.85. The Balaban J connectivity index is 2.43. The maximum Gasteiger partial charge on any atom is 0.307 e. The molecule has 0 N–H and O–H groups in total. The van der Waals surface area contributed by atoms with Gasteiger partial charge < -0.3 is 4.74 Å². The Morgan fingerprint density at radius 2 is 2.00 bits per heavy atom. The molecule has 15 heavy (non-hydrogen) atoms. The number of rotatable bonds is 6. The summed E-state index contributed by atoms with van der Waals surface area (Å²) in [5, 5.41) is 0. The van der Waals surface area contributed by atoms with Crippen LogP contribution in [0, 0.1) is 5.92 Å². The Morgan fingerprint density at radius 1 is 1.40 bits per heavy atom. The van der Waals surface area contributed by atoms with Gasteiger partial charge in [0.25, 0.3) is 0 Å². The molecular weight excluding hydrogens is 190 g/mol. The van der Waals surface area contributed by atoms with Crippen LogP contribution in [0.3, 0.4) is 0 Å². The summed E-state index contributed by atoms with van der Waals surface area (Å²) < 4.78 is 4.71. The number of hydrogen-bond acceptors (Lipinski definition) is 3. The lowest BCUT2D eigenvalue weighted by atomic mass is 10.1. The van der Waals surface area contributed by atoms with Crippen LogP contribution in [0.2, 0.25) is 0 Å². The molecule has 0 aromatic heterocycles. The van der Waals surface area contributed by atoms with Crippen LogP contribution in [0.1, 0.15) is 40.0 Å². The van der Waals surface area contributed by atoms with Crippen molar-refractivity contribution in [1.29, 1.82) is 0 Å². The Morgan fingerprint density at radius 3 is 2.40 bits per heavy atom. The zero-order valence-electron chi connectivity index (χ0n) is 10.3. The van der Waals surface area contributed by atoms with Crippen molar-refractivity contribution in [2.45, 2.75) is 52.1 Å². The molecule has 1 atom stereocenters. The van der Waals surface area contributed by atoms with Gasteiger partial charge in [0.05, 0.1) is 13.5 Å². The van der Waals surface area contributed by atoms with Gasteiger partial charge in [0.1, 0.15) is 0 Å². The minimum absolute atomic E-state index is 0.100. The Bertz CT molecular complexity index is 212. The summed E-state index contributed by atoms with van der Waals surface area (Å²) in [7, 11) is 1.46. The fourth-order valence-electron chi connectivity index (χ4n) is 1.96. The fraction of sp³-hybridized carbons (Fsp3) is 0.917. The van der Waals surface area contributed by atoms with Crippen LogP contribution in [0.25, 0.3) is 0 Å². The molecule has 88 valence electrons. The van der Waals surface area contributed by atoms with E-state index < -0.39 is 0 Å². The molecule has 1 unspecified atom stereocenters. The van der Waals surface area contributed by atoms with Crippen molar-refractivity contribution in [3.05, 3.63) is 0 Å². The Labute approximate surface area is 92.8 Å². The van der Waals surface area contributed by atoms with Crippen LogP contribution in [0.5, 0.6) is 0 Å². The average molecular weight is 213 g/mol. The largest absolute Gasteiger partial charge is 0.469 e. The van der Waals surface area contributed by atoms with E-state index in [1.165, 1.54) is 20.0 Å². The van der Waals surface area contributed by atoms with Crippen molar-refractivity contribution in [3.8, 4) is 0 Å². The molecule has 1 saturated carbocycles. The Kier molecular flexibility index (Phi) is 4.58. The first-order valence-electron chi connectivity index (χ1n) is 5.87. The summed E-state index contributed by atoms with van der Waals surface area (Å²) in [4.78, 5) is 13.7. The average Bonchev–Trinajstić information content (AvgIpc) is 2.96. The van der Waals surface area contributed by atoms with Crippen molar-refractivity contribution < 1.29 is 9.53 Å². The summed E-state index contributed by atoms with van der Waals surface area (Å²) in [6.45, 7) is 7.65. The highest BCUT2D eigenvalue weighted by Gasteiger charge is 2.33. The van der Waals surface area contributed by atoms with Crippen LogP contribution in [0.4, 0.5) is 0 Å². The van der Waals surface area contributed by atoms with Gasteiger partial charge >= 0.3 is 5.97 Å². The van der Waals surface area contributed by atoms with Gasteiger partial charge in [-0.25, -0.2) is 0 Å². The van der Waals surface area contributed by atoms with Crippen LogP contribution in [-0.2, 0) is 9.53 Å². The lowest BCUT2D eigenvalue weighted by Gasteiger charge is -2.30. The van der Waals surface area contributed by atoms with Gasteiger partial charge in [-0.15, -0.1) is 0 Å². The lowest BCUT2D eigenvalue weighted by molar-refractivity contribution is -0.142. The maximum atomic E-state index is 11.2. The van der Waals surface area contributed by atoms with E-state index in [2.05, 4.69) is 25.7 Å². The topological polar surface area (TPSA) is 29.5 Å². The summed E-state index contributed by atoms with van der Waals surface area (Å²) in [5.74, 6) is 0.558. The number of methoxy groups -OCH3 is 1. The molecule has 1 aliphatic rings. The van der Waals surface area contributed by atoms with E-state index in [1.54, 1.807) is 0 Å². The SMILES string of the molecule is COC(=O)CC(C)N(CC(C)C)C1CC1. The highest BCUT2D eigenvalue weighted by atomic mass is 16.5. The second kappa shape index (κ2) is 5.50. The fourth-order valence-corrected chi connectivity index (χ4v) is 1.96. The molecule has 0 radical (unpaired) electrons. The van der Waals surface area contributed by atoms with Crippen molar-refractivity contribution >= 4 is 5.97 Å². The number of nitrogens with zero attached hydrogens (tertiary/aromatic N) is 1. The Hall–Kier alpha value is -0.570. The van der Waals surface area contributed by atoms with Crippen LogP contribution in [-0.4, -0.2) is 36.6 Å². The molecule has 0 amide bonds. The third kappa shape index (κ3) is 4.20. The molecule has 1 fully saturated rings.